The molecule has 1 fully saturated rings. The number of esters is 1. The van der Waals surface area contributed by atoms with Crippen LogP contribution in [0.2, 0.25) is 0 Å². The van der Waals surface area contributed by atoms with Crippen LogP contribution in [0.25, 0.3) is 0 Å². The fourth-order valence-electron chi connectivity index (χ4n) is 3.36. The molecule has 0 saturated heterocycles. The largest absolute Gasteiger partial charge is 0.469 e. The number of rotatable bonds is 1. The number of nitrogens with one attached hydrogen (secondary N) is 1. The van der Waals surface area contributed by atoms with E-state index in [0.29, 0.717) is 0 Å². The molecule has 1 N–H and O–H groups in total. The smallest absolute Gasteiger partial charge is 0.314 e. The van der Waals surface area contributed by atoms with Gasteiger partial charge in [0.25, 0.3) is 0 Å². The number of fused-ring (bicyclic) bond motifs is 2. The van der Waals surface area contributed by atoms with Crippen molar-refractivity contribution < 1.29 is 9.53 Å². The Kier molecular flexibility index (Phi) is 2.35. The lowest BCUT2D eigenvalue weighted by molar-refractivity contribution is -0.153. The van der Waals surface area contributed by atoms with E-state index in [2.05, 4.69) is 17.4 Å². The molecule has 17 heavy (non-hydrogen) atoms. The summed E-state index contributed by atoms with van der Waals surface area (Å²) in [5, 5.41) is 3.51. The van der Waals surface area contributed by atoms with Crippen molar-refractivity contribution in [2.45, 2.75) is 31.7 Å². The lowest BCUT2D eigenvalue weighted by Gasteiger charge is -2.39. The summed E-state index contributed by atoms with van der Waals surface area (Å²) in [6.07, 6.45) is 3.91. The van der Waals surface area contributed by atoms with E-state index in [1.807, 2.05) is 12.1 Å². The molecule has 3 heteroatoms. The van der Waals surface area contributed by atoms with Crippen LogP contribution in [0, 0.1) is 5.41 Å². The molecule has 90 valence electrons. The lowest BCUT2D eigenvalue weighted by atomic mass is 9.74. The van der Waals surface area contributed by atoms with Gasteiger partial charge in [0.05, 0.1) is 12.5 Å². The summed E-state index contributed by atoms with van der Waals surface area (Å²) in [4.78, 5) is 12.1. The Bertz CT molecular complexity index is 457. The molecule has 3 rings (SSSR count). The minimum absolute atomic E-state index is 0.0537. The first kappa shape index (κ1) is 10.6. The number of para-hydroxylation sites is 1. The highest BCUT2D eigenvalue weighted by atomic mass is 16.5. The summed E-state index contributed by atoms with van der Waals surface area (Å²) in [5.41, 5.74) is 2.08. The number of ether oxygens (including phenoxy) is 1. The van der Waals surface area contributed by atoms with Crippen LogP contribution < -0.4 is 5.32 Å². The van der Waals surface area contributed by atoms with Crippen LogP contribution in [-0.2, 0) is 16.0 Å². The van der Waals surface area contributed by atoms with E-state index < -0.39 is 0 Å². The van der Waals surface area contributed by atoms with Crippen LogP contribution in [0.5, 0.6) is 0 Å². The molecule has 1 aliphatic carbocycles. The van der Waals surface area contributed by atoms with Gasteiger partial charge >= 0.3 is 5.97 Å². The van der Waals surface area contributed by atoms with Crippen LogP contribution >= 0.6 is 0 Å². The molecule has 0 radical (unpaired) electrons. The standard InChI is InChI=1S/C14H17NO2/c1-17-13(16)14-8-4-7-12(14)15-11-6-3-2-5-10(11)9-14/h2-3,5-6,12,15H,4,7-9H2,1H3/t12-,14-/m1/s1. The van der Waals surface area contributed by atoms with Gasteiger partial charge in [-0.1, -0.05) is 24.6 Å². The molecular weight excluding hydrogens is 214 g/mol. The van der Waals surface area contributed by atoms with Crippen molar-refractivity contribution >= 4 is 11.7 Å². The zero-order valence-electron chi connectivity index (χ0n) is 10.0. The Labute approximate surface area is 101 Å². The molecule has 3 nitrogen and oxygen atoms in total. The molecule has 1 saturated carbocycles. The zero-order chi connectivity index (χ0) is 11.9. The van der Waals surface area contributed by atoms with Gasteiger partial charge < -0.3 is 10.1 Å². The molecule has 1 aromatic carbocycles. The third-order valence-electron chi connectivity index (χ3n) is 4.23. The molecule has 0 amide bonds. The number of carbonyl (C=O) groups is 1. The maximum Gasteiger partial charge on any atom is 0.314 e. The first-order valence-electron chi connectivity index (χ1n) is 6.19. The molecule has 2 aliphatic rings. The zero-order valence-corrected chi connectivity index (χ0v) is 10.0. The maximum atomic E-state index is 12.1. The van der Waals surface area contributed by atoms with E-state index in [9.17, 15) is 4.79 Å². The molecule has 0 spiro atoms. The van der Waals surface area contributed by atoms with Crippen LogP contribution in [0.15, 0.2) is 24.3 Å². The molecule has 1 heterocycles. The first-order valence-corrected chi connectivity index (χ1v) is 6.19. The van der Waals surface area contributed by atoms with E-state index in [1.165, 1.54) is 18.4 Å². The Morgan fingerprint density at radius 3 is 3.12 bits per heavy atom. The van der Waals surface area contributed by atoms with Crippen LogP contribution in [0.3, 0.4) is 0 Å². The minimum Gasteiger partial charge on any atom is -0.469 e. The predicted molar refractivity (Wildman–Crippen MR) is 65.9 cm³/mol. The summed E-state index contributed by atoms with van der Waals surface area (Å²) in [7, 11) is 1.49. The normalized spacial score (nSPS) is 30.1. The summed E-state index contributed by atoms with van der Waals surface area (Å²) < 4.78 is 5.03. The second-order valence-electron chi connectivity index (χ2n) is 5.07. The van der Waals surface area contributed by atoms with Crippen molar-refractivity contribution in [2.75, 3.05) is 12.4 Å². The number of carbonyl (C=O) groups excluding carboxylic acids is 1. The maximum absolute atomic E-state index is 12.1. The third kappa shape index (κ3) is 1.45. The van der Waals surface area contributed by atoms with Crippen molar-refractivity contribution in [2.24, 2.45) is 5.41 Å². The van der Waals surface area contributed by atoms with E-state index in [0.717, 1.165) is 25.7 Å². The van der Waals surface area contributed by atoms with Crippen molar-refractivity contribution in [1.29, 1.82) is 0 Å². The molecular formula is C14H17NO2. The molecule has 1 aromatic rings. The van der Waals surface area contributed by atoms with Gasteiger partial charge in [0.15, 0.2) is 0 Å². The fourth-order valence-corrected chi connectivity index (χ4v) is 3.36. The van der Waals surface area contributed by atoms with Crippen LogP contribution in [-0.4, -0.2) is 19.1 Å². The number of anilines is 1. The van der Waals surface area contributed by atoms with Crippen molar-refractivity contribution in [1.82, 2.24) is 0 Å². The molecule has 0 bridgehead atoms. The first-order chi connectivity index (χ1) is 8.26. The lowest BCUT2D eigenvalue weighted by Crippen LogP contribution is -2.47. The number of hydrogen-bond acceptors (Lipinski definition) is 3. The minimum atomic E-state index is -0.330. The molecule has 0 unspecified atom stereocenters. The Balaban J connectivity index is 2.02. The number of hydrogen-bond donors (Lipinski definition) is 1. The van der Waals surface area contributed by atoms with Crippen molar-refractivity contribution in [3.05, 3.63) is 29.8 Å². The quantitative estimate of drug-likeness (QED) is 0.754. The Morgan fingerprint density at radius 2 is 2.29 bits per heavy atom. The van der Waals surface area contributed by atoms with Gasteiger partial charge in [-0.05, 0) is 30.9 Å². The second kappa shape index (κ2) is 3.76. The third-order valence-corrected chi connectivity index (χ3v) is 4.23. The van der Waals surface area contributed by atoms with E-state index in [1.54, 1.807) is 0 Å². The van der Waals surface area contributed by atoms with Gasteiger partial charge in [0.2, 0.25) is 0 Å². The summed E-state index contributed by atoms with van der Waals surface area (Å²) in [6.45, 7) is 0. The SMILES string of the molecule is COC(=O)[C@@]12CCC[C@H]1Nc1ccccc1C2. The highest BCUT2D eigenvalue weighted by Crippen LogP contribution is 2.47. The average molecular weight is 231 g/mol. The topological polar surface area (TPSA) is 38.3 Å². The van der Waals surface area contributed by atoms with Gasteiger partial charge in [-0.3, -0.25) is 4.79 Å². The van der Waals surface area contributed by atoms with E-state index in [4.69, 9.17) is 4.74 Å². The number of methoxy groups -OCH3 is 1. The van der Waals surface area contributed by atoms with Gasteiger partial charge in [-0.2, -0.15) is 0 Å². The molecule has 0 aromatic heterocycles. The fraction of sp³-hybridized carbons (Fsp3) is 0.500. The second-order valence-corrected chi connectivity index (χ2v) is 5.07. The Morgan fingerprint density at radius 1 is 1.47 bits per heavy atom. The van der Waals surface area contributed by atoms with Crippen LogP contribution in [0.1, 0.15) is 24.8 Å². The average Bonchev–Trinajstić information content (AvgIpc) is 2.78. The van der Waals surface area contributed by atoms with Gasteiger partial charge in [0, 0.05) is 11.7 Å². The Hall–Kier alpha value is -1.51. The van der Waals surface area contributed by atoms with Crippen molar-refractivity contribution in [3.8, 4) is 0 Å². The monoisotopic (exact) mass is 231 g/mol. The number of benzene rings is 1. The molecule has 2 atom stereocenters. The highest BCUT2D eigenvalue weighted by molar-refractivity contribution is 5.81. The van der Waals surface area contributed by atoms with Gasteiger partial charge in [-0.25, -0.2) is 0 Å². The van der Waals surface area contributed by atoms with Crippen LogP contribution in [0.4, 0.5) is 5.69 Å². The summed E-state index contributed by atoms with van der Waals surface area (Å²) >= 11 is 0. The van der Waals surface area contributed by atoms with Crippen molar-refractivity contribution in [3.63, 3.8) is 0 Å². The van der Waals surface area contributed by atoms with Gasteiger partial charge in [-0.15, -0.1) is 0 Å². The summed E-state index contributed by atoms with van der Waals surface area (Å²) in [6, 6.07) is 8.49. The van der Waals surface area contributed by atoms with E-state index in [-0.39, 0.29) is 17.4 Å². The van der Waals surface area contributed by atoms with E-state index >= 15 is 0 Å². The summed E-state index contributed by atoms with van der Waals surface area (Å²) in [5.74, 6) is -0.0537. The molecule has 1 aliphatic heterocycles. The highest BCUT2D eigenvalue weighted by Gasteiger charge is 2.52. The predicted octanol–water partition coefficient (Wildman–Crippen LogP) is 2.37. The van der Waals surface area contributed by atoms with Gasteiger partial charge in [0.1, 0.15) is 0 Å².